The highest BCUT2D eigenvalue weighted by atomic mass is 35.5. The lowest BCUT2D eigenvalue weighted by atomic mass is 10.3. The first-order valence-corrected chi connectivity index (χ1v) is 7.21. The van der Waals surface area contributed by atoms with Crippen molar-refractivity contribution in [1.82, 2.24) is 15.3 Å². The van der Waals surface area contributed by atoms with Gasteiger partial charge < -0.3 is 21.3 Å². The Bertz CT molecular complexity index is 627. The normalized spacial score (nSPS) is 15.0. The maximum atomic E-state index is 5.98. The predicted molar refractivity (Wildman–Crippen MR) is 86.3 cm³/mol. The predicted octanol–water partition coefficient (Wildman–Crippen LogP) is 1.87. The molecule has 7 heteroatoms. The number of hydrogen-bond donors (Lipinski definition) is 3. The summed E-state index contributed by atoms with van der Waals surface area (Å²) < 4.78 is 0. The fraction of sp³-hybridized carbons (Fsp3) is 0.286. The van der Waals surface area contributed by atoms with Crippen LogP contribution in [-0.2, 0) is 0 Å². The molecule has 0 spiro atoms. The SMILES string of the molecule is Nc1nc(Nc2cccc(Cl)c2)cc(N2CCNCC2)n1. The van der Waals surface area contributed by atoms with E-state index >= 15 is 0 Å². The molecule has 1 aliphatic rings. The van der Waals surface area contributed by atoms with Crippen LogP contribution in [0.3, 0.4) is 0 Å². The first-order chi connectivity index (χ1) is 10.2. The molecule has 6 nitrogen and oxygen atoms in total. The maximum Gasteiger partial charge on any atom is 0.223 e. The standard InChI is InChI=1S/C14H17ClN6/c15-10-2-1-3-11(8-10)18-12-9-13(20-14(16)19-12)21-6-4-17-5-7-21/h1-3,8-9,17H,4-7H2,(H3,16,18,19,20). The van der Waals surface area contributed by atoms with Crippen LogP contribution < -0.4 is 21.3 Å². The Morgan fingerprint density at radius 1 is 1.19 bits per heavy atom. The molecule has 0 aliphatic carbocycles. The van der Waals surface area contributed by atoms with Gasteiger partial charge in [0.05, 0.1) is 0 Å². The summed E-state index contributed by atoms with van der Waals surface area (Å²) in [6.07, 6.45) is 0. The molecule has 0 bridgehead atoms. The van der Waals surface area contributed by atoms with E-state index in [-0.39, 0.29) is 5.95 Å². The lowest BCUT2D eigenvalue weighted by Crippen LogP contribution is -2.44. The van der Waals surface area contributed by atoms with Crippen LogP contribution in [0.15, 0.2) is 30.3 Å². The van der Waals surface area contributed by atoms with Crippen LogP contribution >= 0.6 is 11.6 Å². The van der Waals surface area contributed by atoms with Gasteiger partial charge in [0.15, 0.2) is 0 Å². The summed E-state index contributed by atoms with van der Waals surface area (Å²) in [6.45, 7) is 3.71. The highest BCUT2D eigenvalue weighted by Gasteiger charge is 2.13. The molecule has 0 atom stereocenters. The second-order valence-corrected chi connectivity index (χ2v) is 5.28. The van der Waals surface area contributed by atoms with Crippen LogP contribution in [0.2, 0.25) is 5.02 Å². The Morgan fingerprint density at radius 2 is 2.00 bits per heavy atom. The maximum absolute atomic E-state index is 5.98. The average Bonchev–Trinajstić information content (AvgIpc) is 2.47. The monoisotopic (exact) mass is 304 g/mol. The van der Waals surface area contributed by atoms with Crippen LogP contribution in [0.4, 0.5) is 23.3 Å². The van der Waals surface area contributed by atoms with Crippen LogP contribution in [0.1, 0.15) is 0 Å². The molecule has 2 heterocycles. The quantitative estimate of drug-likeness (QED) is 0.803. The third-order valence-corrected chi connectivity index (χ3v) is 3.50. The van der Waals surface area contributed by atoms with Crippen LogP contribution in [0.25, 0.3) is 0 Å². The minimum Gasteiger partial charge on any atom is -0.368 e. The van der Waals surface area contributed by atoms with Crippen molar-refractivity contribution >= 4 is 34.9 Å². The van der Waals surface area contributed by atoms with Crippen molar-refractivity contribution in [2.24, 2.45) is 0 Å². The van der Waals surface area contributed by atoms with Crippen molar-refractivity contribution < 1.29 is 0 Å². The van der Waals surface area contributed by atoms with E-state index in [4.69, 9.17) is 17.3 Å². The van der Waals surface area contributed by atoms with Gasteiger partial charge in [-0.15, -0.1) is 0 Å². The largest absolute Gasteiger partial charge is 0.368 e. The number of nitrogens with two attached hydrogens (primary N) is 1. The van der Waals surface area contributed by atoms with Gasteiger partial charge in [0.1, 0.15) is 11.6 Å². The number of nitrogens with zero attached hydrogens (tertiary/aromatic N) is 3. The number of nitrogen functional groups attached to an aromatic ring is 1. The highest BCUT2D eigenvalue weighted by Crippen LogP contribution is 2.22. The van der Waals surface area contributed by atoms with Gasteiger partial charge in [-0.05, 0) is 18.2 Å². The fourth-order valence-electron chi connectivity index (χ4n) is 2.29. The molecule has 0 amide bonds. The van der Waals surface area contributed by atoms with E-state index in [0.29, 0.717) is 10.8 Å². The zero-order valence-corrected chi connectivity index (χ0v) is 12.3. The van der Waals surface area contributed by atoms with E-state index in [2.05, 4.69) is 25.5 Å². The van der Waals surface area contributed by atoms with Crippen LogP contribution in [0.5, 0.6) is 0 Å². The third kappa shape index (κ3) is 3.53. The van der Waals surface area contributed by atoms with E-state index in [0.717, 1.165) is 37.7 Å². The van der Waals surface area contributed by atoms with Crippen molar-refractivity contribution in [2.45, 2.75) is 0 Å². The summed E-state index contributed by atoms with van der Waals surface area (Å²) in [5, 5.41) is 7.19. The Labute approximate surface area is 128 Å². The Hall–Kier alpha value is -2.05. The lowest BCUT2D eigenvalue weighted by Gasteiger charge is -2.28. The van der Waals surface area contributed by atoms with Gasteiger partial charge in [-0.3, -0.25) is 0 Å². The summed E-state index contributed by atoms with van der Waals surface area (Å²) >= 11 is 5.98. The number of nitrogens with one attached hydrogen (secondary N) is 2. The number of benzene rings is 1. The molecule has 1 aromatic heterocycles. The van der Waals surface area contributed by atoms with Crippen LogP contribution in [0, 0.1) is 0 Å². The van der Waals surface area contributed by atoms with Crippen molar-refractivity contribution in [1.29, 1.82) is 0 Å². The molecule has 0 radical (unpaired) electrons. The van der Waals surface area contributed by atoms with Crippen LogP contribution in [-0.4, -0.2) is 36.1 Å². The summed E-state index contributed by atoms with van der Waals surface area (Å²) in [7, 11) is 0. The number of halogens is 1. The first kappa shape index (κ1) is 13.9. The smallest absolute Gasteiger partial charge is 0.223 e. The van der Waals surface area contributed by atoms with E-state index in [1.165, 1.54) is 0 Å². The molecule has 21 heavy (non-hydrogen) atoms. The summed E-state index contributed by atoms with van der Waals surface area (Å²) in [5.74, 6) is 1.77. The Balaban J connectivity index is 1.83. The van der Waals surface area contributed by atoms with Crippen molar-refractivity contribution in [3.05, 3.63) is 35.4 Å². The number of anilines is 4. The second kappa shape index (κ2) is 6.15. The van der Waals surface area contributed by atoms with Crippen molar-refractivity contribution in [2.75, 3.05) is 42.1 Å². The zero-order valence-electron chi connectivity index (χ0n) is 11.5. The molecule has 1 fully saturated rings. The Kier molecular flexibility index (Phi) is 4.08. The van der Waals surface area contributed by atoms with E-state index in [1.54, 1.807) is 0 Å². The van der Waals surface area contributed by atoms with E-state index in [9.17, 15) is 0 Å². The topological polar surface area (TPSA) is 79.1 Å². The second-order valence-electron chi connectivity index (χ2n) is 4.84. The lowest BCUT2D eigenvalue weighted by molar-refractivity contribution is 0.585. The molecule has 2 aromatic rings. The van der Waals surface area contributed by atoms with E-state index < -0.39 is 0 Å². The van der Waals surface area contributed by atoms with Gasteiger partial charge in [0, 0.05) is 43.0 Å². The van der Waals surface area contributed by atoms with Gasteiger partial charge in [-0.2, -0.15) is 9.97 Å². The van der Waals surface area contributed by atoms with Gasteiger partial charge in [0.2, 0.25) is 5.95 Å². The Morgan fingerprint density at radius 3 is 2.76 bits per heavy atom. The van der Waals surface area contributed by atoms with Gasteiger partial charge >= 0.3 is 0 Å². The highest BCUT2D eigenvalue weighted by molar-refractivity contribution is 6.30. The summed E-state index contributed by atoms with van der Waals surface area (Å²) in [5.41, 5.74) is 6.69. The number of aromatic nitrogens is 2. The van der Waals surface area contributed by atoms with Crippen molar-refractivity contribution in [3.63, 3.8) is 0 Å². The molecule has 110 valence electrons. The van der Waals surface area contributed by atoms with Crippen molar-refractivity contribution in [3.8, 4) is 0 Å². The average molecular weight is 305 g/mol. The molecule has 0 unspecified atom stereocenters. The number of rotatable bonds is 3. The zero-order chi connectivity index (χ0) is 14.7. The third-order valence-electron chi connectivity index (χ3n) is 3.27. The summed E-state index contributed by atoms with van der Waals surface area (Å²) in [4.78, 5) is 10.7. The molecular formula is C14H17ClN6. The van der Waals surface area contributed by atoms with Gasteiger partial charge in [-0.1, -0.05) is 17.7 Å². The molecule has 3 rings (SSSR count). The molecule has 0 saturated carbocycles. The molecule has 1 aromatic carbocycles. The van der Waals surface area contributed by atoms with Gasteiger partial charge in [-0.25, -0.2) is 0 Å². The molecular weight excluding hydrogens is 288 g/mol. The fourth-order valence-corrected chi connectivity index (χ4v) is 2.48. The van der Waals surface area contributed by atoms with Gasteiger partial charge in [0.25, 0.3) is 0 Å². The minimum atomic E-state index is 0.260. The molecule has 1 saturated heterocycles. The molecule has 1 aliphatic heterocycles. The number of piperazine rings is 1. The summed E-state index contributed by atoms with van der Waals surface area (Å²) in [6, 6.07) is 9.38. The molecule has 4 N–H and O–H groups in total. The minimum absolute atomic E-state index is 0.260. The van der Waals surface area contributed by atoms with E-state index in [1.807, 2.05) is 30.3 Å². The first-order valence-electron chi connectivity index (χ1n) is 6.83. The number of hydrogen-bond acceptors (Lipinski definition) is 6.